The lowest BCUT2D eigenvalue weighted by atomic mass is 9.94. The number of amides is 1. The zero-order valence-corrected chi connectivity index (χ0v) is 17.8. The summed E-state index contributed by atoms with van der Waals surface area (Å²) in [6.45, 7) is 6.58. The number of sulfonamides is 1. The molecule has 6 nitrogen and oxygen atoms in total. The first kappa shape index (κ1) is 21.7. The molecule has 1 aliphatic heterocycles. The van der Waals surface area contributed by atoms with Gasteiger partial charge in [0.1, 0.15) is 6.04 Å². The summed E-state index contributed by atoms with van der Waals surface area (Å²) in [6, 6.07) is 6.49. The zero-order chi connectivity index (χ0) is 20.0. The van der Waals surface area contributed by atoms with Crippen LogP contribution in [0.2, 0.25) is 0 Å². The van der Waals surface area contributed by atoms with Crippen molar-refractivity contribution in [2.75, 3.05) is 37.2 Å². The van der Waals surface area contributed by atoms with Gasteiger partial charge in [0.15, 0.2) is 0 Å². The minimum absolute atomic E-state index is 0.226. The van der Waals surface area contributed by atoms with Crippen LogP contribution < -0.4 is 9.62 Å². The maximum absolute atomic E-state index is 12.8. The Bertz CT molecular complexity index is 710. The Kier molecular flexibility index (Phi) is 7.68. The van der Waals surface area contributed by atoms with Crippen molar-refractivity contribution >= 4 is 21.6 Å². The summed E-state index contributed by atoms with van der Waals surface area (Å²) in [6.07, 6.45) is 4.83. The van der Waals surface area contributed by atoms with Crippen LogP contribution >= 0.6 is 0 Å². The van der Waals surface area contributed by atoms with Crippen LogP contribution in [0.3, 0.4) is 0 Å². The van der Waals surface area contributed by atoms with Gasteiger partial charge in [-0.05, 0) is 70.8 Å². The summed E-state index contributed by atoms with van der Waals surface area (Å²) in [5.41, 5.74) is 1.57. The van der Waals surface area contributed by atoms with E-state index in [2.05, 4.69) is 17.3 Å². The molecule has 1 aromatic carbocycles. The van der Waals surface area contributed by atoms with Crippen LogP contribution in [-0.4, -0.2) is 58.2 Å². The number of hydrogen-bond donors (Lipinski definition) is 1. The number of hydrogen-bond acceptors (Lipinski definition) is 4. The molecule has 1 saturated heterocycles. The number of nitrogens with one attached hydrogen (secondary N) is 1. The lowest BCUT2D eigenvalue weighted by Crippen LogP contribution is -2.49. The molecule has 0 spiro atoms. The van der Waals surface area contributed by atoms with Crippen molar-refractivity contribution in [1.82, 2.24) is 10.2 Å². The first-order valence-electron chi connectivity index (χ1n) is 9.74. The second-order valence-electron chi connectivity index (χ2n) is 7.64. The number of piperidine rings is 1. The monoisotopic (exact) mass is 395 g/mol. The molecule has 1 fully saturated rings. The van der Waals surface area contributed by atoms with Gasteiger partial charge in [0.05, 0.1) is 11.9 Å². The molecule has 2 rings (SSSR count). The van der Waals surface area contributed by atoms with Gasteiger partial charge < -0.3 is 10.2 Å². The van der Waals surface area contributed by atoms with Crippen molar-refractivity contribution in [3.8, 4) is 0 Å². The third-order valence-corrected chi connectivity index (χ3v) is 6.49. The molecule has 0 saturated carbocycles. The lowest BCUT2D eigenvalue weighted by Gasteiger charge is -2.31. The van der Waals surface area contributed by atoms with Crippen molar-refractivity contribution in [1.29, 1.82) is 0 Å². The Labute approximate surface area is 164 Å². The molecule has 152 valence electrons. The number of aryl methyl sites for hydroxylation is 1. The van der Waals surface area contributed by atoms with Crippen molar-refractivity contribution < 1.29 is 13.2 Å². The number of rotatable bonds is 8. The van der Waals surface area contributed by atoms with E-state index in [-0.39, 0.29) is 5.91 Å². The first-order valence-corrected chi connectivity index (χ1v) is 11.6. The lowest BCUT2D eigenvalue weighted by molar-refractivity contribution is -0.122. The number of likely N-dealkylation sites (tertiary alicyclic amines) is 1. The Morgan fingerprint density at radius 1 is 1.26 bits per heavy atom. The fraction of sp³-hybridized carbons (Fsp3) is 0.650. The Balaban J connectivity index is 2.02. The molecule has 1 N–H and O–H groups in total. The fourth-order valence-corrected chi connectivity index (χ4v) is 4.83. The molecular formula is C20H33N3O3S. The van der Waals surface area contributed by atoms with Crippen LogP contribution in [0.15, 0.2) is 24.3 Å². The highest BCUT2D eigenvalue weighted by atomic mass is 32.2. The minimum Gasteiger partial charge on any atom is -0.354 e. The van der Waals surface area contributed by atoms with Crippen LogP contribution in [0.5, 0.6) is 0 Å². The summed E-state index contributed by atoms with van der Waals surface area (Å²) < 4.78 is 26.1. The van der Waals surface area contributed by atoms with Gasteiger partial charge in [0, 0.05) is 6.54 Å². The zero-order valence-electron chi connectivity index (χ0n) is 16.9. The summed E-state index contributed by atoms with van der Waals surface area (Å²) >= 11 is 0. The van der Waals surface area contributed by atoms with Gasteiger partial charge >= 0.3 is 0 Å². The van der Waals surface area contributed by atoms with Crippen molar-refractivity contribution in [2.45, 2.75) is 45.6 Å². The fourth-order valence-electron chi connectivity index (χ4n) is 3.62. The highest BCUT2D eigenvalue weighted by molar-refractivity contribution is 7.92. The molecule has 1 heterocycles. The first-order chi connectivity index (χ1) is 12.7. The second-order valence-corrected chi connectivity index (χ2v) is 9.50. The number of anilines is 1. The van der Waals surface area contributed by atoms with Gasteiger partial charge in [0.2, 0.25) is 15.9 Å². The van der Waals surface area contributed by atoms with E-state index in [1.165, 1.54) is 4.31 Å². The molecule has 0 bridgehead atoms. The van der Waals surface area contributed by atoms with Crippen molar-refractivity contribution in [3.63, 3.8) is 0 Å². The van der Waals surface area contributed by atoms with E-state index < -0.39 is 16.1 Å². The second kappa shape index (κ2) is 9.55. The maximum Gasteiger partial charge on any atom is 0.243 e. The van der Waals surface area contributed by atoms with Crippen LogP contribution in [0, 0.1) is 12.8 Å². The van der Waals surface area contributed by atoms with E-state index in [0.717, 1.165) is 44.2 Å². The molecule has 1 aromatic rings. The van der Waals surface area contributed by atoms with Crippen LogP contribution in [0.4, 0.5) is 5.69 Å². The molecule has 1 atom stereocenters. The Morgan fingerprint density at radius 2 is 1.85 bits per heavy atom. The minimum atomic E-state index is -3.57. The van der Waals surface area contributed by atoms with Gasteiger partial charge in [-0.3, -0.25) is 9.10 Å². The van der Waals surface area contributed by atoms with Crippen LogP contribution in [0.1, 0.15) is 38.2 Å². The largest absolute Gasteiger partial charge is 0.354 e. The molecule has 0 aromatic heterocycles. The van der Waals surface area contributed by atoms with Gasteiger partial charge in [-0.2, -0.15) is 0 Å². The highest BCUT2D eigenvalue weighted by Gasteiger charge is 2.31. The predicted octanol–water partition coefficient (Wildman–Crippen LogP) is 2.39. The number of carbonyl (C=O) groups excluding carboxylic acids is 1. The molecule has 1 amide bonds. The summed E-state index contributed by atoms with van der Waals surface area (Å²) in [5.74, 6) is 0.404. The maximum atomic E-state index is 12.8. The highest BCUT2D eigenvalue weighted by Crippen LogP contribution is 2.23. The third-order valence-electron chi connectivity index (χ3n) is 5.31. The van der Waals surface area contributed by atoms with E-state index in [1.807, 2.05) is 26.0 Å². The normalized spacial score (nSPS) is 17.5. The Hall–Kier alpha value is -1.60. The molecule has 0 radical (unpaired) electrons. The quantitative estimate of drug-likeness (QED) is 0.734. The molecule has 1 aliphatic rings. The number of carbonyl (C=O) groups is 1. The van der Waals surface area contributed by atoms with Crippen LogP contribution in [0.25, 0.3) is 0 Å². The molecule has 0 aliphatic carbocycles. The average molecular weight is 396 g/mol. The van der Waals surface area contributed by atoms with Gasteiger partial charge in [0.25, 0.3) is 0 Å². The van der Waals surface area contributed by atoms with E-state index in [4.69, 9.17) is 0 Å². The number of nitrogens with zero attached hydrogens (tertiary/aromatic N) is 2. The third kappa shape index (κ3) is 6.21. The summed E-state index contributed by atoms with van der Waals surface area (Å²) in [7, 11) is -1.44. The van der Waals surface area contributed by atoms with Gasteiger partial charge in [-0.15, -0.1) is 0 Å². The molecule has 7 heteroatoms. The topological polar surface area (TPSA) is 69.7 Å². The van der Waals surface area contributed by atoms with Crippen LogP contribution in [-0.2, 0) is 14.8 Å². The number of benzene rings is 1. The van der Waals surface area contributed by atoms with Gasteiger partial charge in [-0.1, -0.05) is 24.6 Å². The standard InChI is InChI=1S/C20H33N3O3S/c1-5-19(20(24)21-13-10-17-11-14-22(3)15-12-17)23(27(4,25)26)18-8-6-16(2)7-9-18/h6-9,17,19H,5,10-15H2,1-4H3,(H,21,24)/t19-/m1/s1. The Morgan fingerprint density at radius 3 is 2.37 bits per heavy atom. The van der Waals surface area contributed by atoms with Crippen molar-refractivity contribution in [3.05, 3.63) is 29.8 Å². The predicted molar refractivity (Wildman–Crippen MR) is 110 cm³/mol. The van der Waals surface area contributed by atoms with E-state index in [0.29, 0.717) is 24.6 Å². The SMILES string of the molecule is CC[C@H](C(=O)NCCC1CCN(C)CC1)N(c1ccc(C)cc1)S(C)(=O)=O. The van der Waals surface area contributed by atoms with Gasteiger partial charge in [-0.25, -0.2) is 8.42 Å². The van der Waals surface area contributed by atoms with E-state index in [1.54, 1.807) is 12.1 Å². The van der Waals surface area contributed by atoms with E-state index in [9.17, 15) is 13.2 Å². The average Bonchev–Trinajstić information content (AvgIpc) is 2.61. The summed E-state index contributed by atoms with van der Waals surface area (Å²) in [4.78, 5) is 15.1. The summed E-state index contributed by atoms with van der Waals surface area (Å²) in [5, 5.41) is 2.97. The molecular weight excluding hydrogens is 362 g/mol. The molecule has 0 unspecified atom stereocenters. The van der Waals surface area contributed by atoms with Crippen molar-refractivity contribution in [2.24, 2.45) is 5.92 Å². The smallest absolute Gasteiger partial charge is 0.243 e. The molecule has 27 heavy (non-hydrogen) atoms. The van der Waals surface area contributed by atoms with E-state index >= 15 is 0 Å².